The Hall–Kier alpha value is -1.87. The smallest absolute Gasteiger partial charge is 0.130 e. The van der Waals surface area contributed by atoms with E-state index in [1.54, 1.807) is 6.20 Å². The molecular weight excluding hydrogens is 224 g/mol. The lowest BCUT2D eigenvalue weighted by atomic mass is 10.1. The van der Waals surface area contributed by atoms with Crippen LogP contribution < -0.4 is 10.5 Å². The van der Waals surface area contributed by atoms with Crippen LogP contribution in [-0.2, 0) is 6.61 Å². The van der Waals surface area contributed by atoms with Gasteiger partial charge in [0, 0.05) is 17.8 Å². The largest absolute Gasteiger partial charge is 0.487 e. The van der Waals surface area contributed by atoms with Crippen LogP contribution in [0.25, 0.3) is 0 Å². The second-order valence-electron chi connectivity index (χ2n) is 4.44. The standard InChI is InChI=1S/C15H18N2O/c1-11-6-7-14(12(2)16)15(9-11)18-10-13-5-3-4-8-17-13/h3-9,12H,10,16H2,1-2H3/t12-/m0/s1. The highest BCUT2D eigenvalue weighted by Gasteiger charge is 2.08. The number of benzene rings is 1. The number of rotatable bonds is 4. The van der Waals surface area contributed by atoms with E-state index in [0.717, 1.165) is 22.6 Å². The average molecular weight is 242 g/mol. The molecule has 0 aliphatic rings. The van der Waals surface area contributed by atoms with E-state index in [1.165, 1.54) is 0 Å². The van der Waals surface area contributed by atoms with Crippen LogP contribution in [0.2, 0.25) is 0 Å². The van der Waals surface area contributed by atoms with Crippen molar-refractivity contribution in [3.05, 3.63) is 59.4 Å². The maximum absolute atomic E-state index is 5.94. The van der Waals surface area contributed by atoms with Gasteiger partial charge in [0.1, 0.15) is 12.4 Å². The van der Waals surface area contributed by atoms with Crippen molar-refractivity contribution in [1.29, 1.82) is 0 Å². The van der Waals surface area contributed by atoms with Crippen LogP contribution in [0.1, 0.15) is 29.8 Å². The quantitative estimate of drug-likeness (QED) is 0.896. The maximum atomic E-state index is 5.94. The molecule has 0 aliphatic carbocycles. The number of hydrogen-bond acceptors (Lipinski definition) is 3. The molecule has 3 heteroatoms. The molecule has 18 heavy (non-hydrogen) atoms. The third-order valence-electron chi connectivity index (χ3n) is 2.76. The summed E-state index contributed by atoms with van der Waals surface area (Å²) in [6.45, 7) is 4.46. The summed E-state index contributed by atoms with van der Waals surface area (Å²) in [6.07, 6.45) is 1.77. The Bertz CT molecular complexity index is 509. The monoisotopic (exact) mass is 242 g/mol. The first kappa shape index (κ1) is 12.6. The molecule has 0 unspecified atom stereocenters. The topological polar surface area (TPSA) is 48.1 Å². The highest BCUT2D eigenvalue weighted by Crippen LogP contribution is 2.25. The minimum atomic E-state index is -0.0377. The van der Waals surface area contributed by atoms with Gasteiger partial charge in [-0.1, -0.05) is 18.2 Å². The molecule has 0 fully saturated rings. The van der Waals surface area contributed by atoms with Crippen molar-refractivity contribution in [3.63, 3.8) is 0 Å². The molecule has 2 aromatic rings. The Kier molecular flexibility index (Phi) is 3.95. The SMILES string of the molecule is Cc1ccc([C@H](C)N)c(OCc2ccccn2)c1. The number of hydrogen-bond donors (Lipinski definition) is 1. The fraction of sp³-hybridized carbons (Fsp3) is 0.267. The molecule has 0 aliphatic heterocycles. The van der Waals surface area contributed by atoms with Crippen molar-refractivity contribution in [2.75, 3.05) is 0 Å². The number of nitrogens with zero attached hydrogens (tertiary/aromatic N) is 1. The first-order chi connectivity index (χ1) is 8.66. The number of aromatic nitrogens is 1. The Labute approximate surface area is 108 Å². The van der Waals surface area contributed by atoms with Crippen molar-refractivity contribution in [2.45, 2.75) is 26.5 Å². The summed E-state index contributed by atoms with van der Waals surface area (Å²) in [7, 11) is 0. The van der Waals surface area contributed by atoms with Gasteiger partial charge in [-0.3, -0.25) is 4.98 Å². The summed E-state index contributed by atoms with van der Waals surface area (Å²) < 4.78 is 5.82. The van der Waals surface area contributed by atoms with Crippen LogP contribution in [0.5, 0.6) is 5.75 Å². The molecule has 0 saturated heterocycles. The number of aryl methyl sites for hydroxylation is 1. The van der Waals surface area contributed by atoms with Gasteiger partial charge in [0.05, 0.1) is 5.69 Å². The van der Waals surface area contributed by atoms with E-state index in [-0.39, 0.29) is 6.04 Å². The lowest BCUT2D eigenvalue weighted by Gasteiger charge is -2.14. The lowest BCUT2D eigenvalue weighted by Crippen LogP contribution is -2.08. The third-order valence-corrected chi connectivity index (χ3v) is 2.76. The van der Waals surface area contributed by atoms with Crippen molar-refractivity contribution < 1.29 is 4.74 Å². The van der Waals surface area contributed by atoms with Gasteiger partial charge >= 0.3 is 0 Å². The summed E-state index contributed by atoms with van der Waals surface area (Å²) in [6, 6.07) is 11.8. The van der Waals surface area contributed by atoms with Crippen LogP contribution in [0.4, 0.5) is 0 Å². The average Bonchev–Trinajstić information content (AvgIpc) is 2.37. The molecule has 1 aromatic heterocycles. The predicted molar refractivity (Wildman–Crippen MR) is 72.4 cm³/mol. The fourth-order valence-electron chi connectivity index (χ4n) is 1.78. The molecule has 0 bridgehead atoms. The second-order valence-corrected chi connectivity index (χ2v) is 4.44. The maximum Gasteiger partial charge on any atom is 0.130 e. The molecular formula is C15H18N2O. The molecule has 1 atom stereocenters. The lowest BCUT2D eigenvalue weighted by molar-refractivity contribution is 0.296. The van der Waals surface area contributed by atoms with Crippen LogP contribution in [0.3, 0.4) is 0 Å². The van der Waals surface area contributed by atoms with E-state index in [2.05, 4.69) is 4.98 Å². The summed E-state index contributed by atoms with van der Waals surface area (Å²) >= 11 is 0. The van der Waals surface area contributed by atoms with E-state index in [1.807, 2.05) is 50.2 Å². The highest BCUT2D eigenvalue weighted by molar-refractivity contribution is 5.39. The van der Waals surface area contributed by atoms with Crippen LogP contribution >= 0.6 is 0 Å². The van der Waals surface area contributed by atoms with E-state index in [0.29, 0.717) is 6.61 Å². The zero-order valence-electron chi connectivity index (χ0n) is 10.8. The molecule has 1 aromatic carbocycles. The van der Waals surface area contributed by atoms with Gasteiger partial charge in [0.25, 0.3) is 0 Å². The molecule has 3 nitrogen and oxygen atoms in total. The van der Waals surface area contributed by atoms with Crippen LogP contribution in [0.15, 0.2) is 42.6 Å². The zero-order valence-corrected chi connectivity index (χ0v) is 10.8. The Morgan fingerprint density at radius 1 is 1.28 bits per heavy atom. The molecule has 2 rings (SSSR count). The third kappa shape index (κ3) is 3.08. The Morgan fingerprint density at radius 2 is 2.11 bits per heavy atom. The van der Waals surface area contributed by atoms with E-state index in [9.17, 15) is 0 Å². The van der Waals surface area contributed by atoms with Crippen molar-refractivity contribution in [3.8, 4) is 5.75 Å². The van der Waals surface area contributed by atoms with Gasteiger partial charge in [0.15, 0.2) is 0 Å². The van der Waals surface area contributed by atoms with Crippen LogP contribution in [-0.4, -0.2) is 4.98 Å². The first-order valence-corrected chi connectivity index (χ1v) is 6.05. The summed E-state index contributed by atoms with van der Waals surface area (Å²) in [5, 5.41) is 0. The Morgan fingerprint density at radius 3 is 2.78 bits per heavy atom. The number of ether oxygens (including phenoxy) is 1. The van der Waals surface area contributed by atoms with Gasteiger partial charge in [-0.2, -0.15) is 0 Å². The molecule has 0 radical (unpaired) electrons. The summed E-state index contributed by atoms with van der Waals surface area (Å²) in [5.74, 6) is 0.843. The van der Waals surface area contributed by atoms with Crippen LogP contribution in [0, 0.1) is 6.92 Å². The molecule has 0 saturated carbocycles. The second kappa shape index (κ2) is 5.65. The molecule has 94 valence electrons. The van der Waals surface area contributed by atoms with Crippen molar-refractivity contribution >= 4 is 0 Å². The summed E-state index contributed by atoms with van der Waals surface area (Å²) in [5.41, 5.74) is 9.04. The minimum Gasteiger partial charge on any atom is -0.487 e. The van der Waals surface area contributed by atoms with Gasteiger partial charge in [-0.05, 0) is 37.6 Å². The fourth-order valence-corrected chi connectivity index (χ4v) is 1.78. The molecule has 1 heterocycles. The van der Waals surface area contributed by atoms with Gasteiger partial charge in [-0.25, -0.2) is 0 Å². The number of nitrogens with two attached hydrogens (primary N) is 1. The van der Waals surface area contributed by atoms with E-state index >= 15 is 0 Å². The zero-order chi connectivity index (χ0) is 13.0. The first-order valence-electron chi connectivity index (χ1n) is 6.05. The van der Waals surface area contributed by atoms with Gasteiger partial charge in [-0.15, -0.1) is 0 Å². The van der Waals surface area contributed by atoms with Gasteiger partial charge in [0.2, 0.25) is 0 Å². The highest BCUT2D eigenvalue weighted by atomic mass is 16.5. The summed E-state index contributed by atoms with van der Waals surface area (Å²) in [4.78, 5) is 4.23. The molecule has 0 amide bonds. The van der Waals surface area contributed by atoms with E-state index in [4.69, 9.17) is 10.5 Å². The van der Waals surface area contributed by atoms with Gasteiger partial charge < -0.3 is 10.5 Å². The number of pyridine rings is 1. The normalized spacial score (nSPS) is 12.2. The minimum absolute atomic E-state index is 0.0377. The Balaban J connectivity index is 2.15. The van der Waals surface area contributed by atoms with Crippen molar-refractivity contribution in [2.24, 2.45) is 5.73 Å². The van der Waals surface area contributed by atoms with Crippen molar-refractivity contribution in [1.82, 2.24) is 4.98 Å². The predicted octanol–water partition coefficient (Wildman–Crippen LogP) is 2.99. The molecule has 2 N–H and O–H groups in total. The molecule has 0 spiro atoms. The van der Waals surface area contributed by atoms with E-state index < -0.39 is 0 Å².